The second kappa shape index (κ2) is 13.3. The number of non-ortho nitro benzene ring substituents is 1. The Bertz CT molecular complexity index is 814. The van der Waals surface area contributed by atoms with Crippen LogP contribution in [-0.4, -0.2) is 17.4 Å². The van der Waals surface area contributed by atoms with E-state index in [0.29, 0.717) is 6.54 Å². The number of nitrogens with one attached hydrogen (secondary N) is 1. The summed E-state index contributed by atoms with van der Waals surface area (Å²) in [6.45, 7) is 2.88. The van der Waals surface area contributed by atoms with Crippen LogP contribution < -0.4 is 5.32 Å². The van der Waals surface area contributed by atoms with Crippen LogP contribution in [0.25, 0.3) is 5.57 Å². The predicted octanol–water partition coefficient (Wildman–Crippen LogP) is 6.28. The monoisotopic (exact) mass is 408 g/mol. The highest BCUT2D eigenvalue weighted by atomic mass is 16.6. The lowest BCUT2D eigenvalue weighted by Crippen LogP contribution is -2.22. The third-order valence-corrected chi connectivity index (χ3v) is 5.08. The van der Waals surface area contributed by atoms with Gasteiger partial charge < -0.3 is 5.32 Å². The highest BCUT2D eigenvalue weighted by molar-refractivity contribution is 5.99. The number of hydrogen-bond donors (Lipinski definition) is 1. The van der Waals surface area contributed by atoms with Crippen LogP contribution >= 0.6 is 0 Å². The summed E-state index contributed by atoms with van der Waals surface area (Å²) in [5.41, 5.74) is 2.45. The third kappa shape index (κ3) is 8.19. The van der Waals surface area contributed by atoms with E-state index in [4.69, 9.17) is 0 Å². The second-order valence-electron chi connectivity index (χ2n) is 7.49. The van der Waals surface area contributed by atoms with Crippen LogP contribution in [-0.2, 0) is 4.79 Å². The highest BCUT2D eigenvalue weighted by Crippen LogP contribution is 2.25. The van der Waals surface area contributed by atoms with Crippen LogP contribution in [0.2, 0.25) is 0 Å². The first-order chi connectivity index (χ1) is 14.6. The number of carbonyl (C=O) groups excluding carboxylic acids is 1. The Balaban J connectivity index is 1.93. The zero-order valence-electron chi connectivity index (χ0n) is 17.8. The molecule has 1 amide bonds. The van der Waals surface area contributed by atoms with Crippen molar-refractivity contribution in [3.8, 4) is 0 Å². The molecule has 0 aliphatic heterocycles. The van der Waals surface area contributed by atoms with Crippen molar-refractivity contribution in [2.45, 2.75) is 58.3 Å². The van der Waals surface area contributed by atoms with E-state index in [2.05, 4.69) is 12.2 Å². The fourth-order valence-corrected chi connectivity index (χ4v) is 3.37. The Hall–Kier alpha value is -2.95. The number of hydrogen-bond acceptors (Lipinski definition) is 3. The summed E-state index contributed by atoms with van der Waals surface area (Å²) in [5, 5.41) is 13.9. The zero-order chi connectivity index (χ0) is 21.6. The van der Waals surface area contributed by atoms with Crippen molar-refractivity contribution in [3.05, 3.63) is 81.9 Å². The van der Waals surface area contributed by atoms with Crippen LogP contribution in [0, 0.1) is 10.1 Å². The molecule has 0 fully saturated rings. The van der Waals surface area contributed by atoms with Crippen molar-refractivity contribution in [3.63, 3.8) is 0 Å². The van der Waals surface area contributed by atoms with Gasteiger partial charge in [-0.2, -0.15) is 0 Å². The molecule has 160 valence electrons. The van der Waals surface area contributed by atoms with Crippen molar-refractivity contribution in [1.82, 2.24) is 5.32 Å². The Morgan fingerprint density at radius 1 is 0.867 bits per heavy atom. The summed E-state index contributed by atoms with van der Waals surface area (Å²) in [7, 11) is 0. The third-order valence-electron chi connectivity index (χ3n) is 5.08. The molecule has 0 saturated heterocycles. The fourth-order valence-electron chi connectivity index (χ4n) is 3.37. The molecular weight excluding hydrogens is 376 g/mol. The van der Waals surface area contributed by atoms with Gasteiger partial charge in [-0.3, -0.25) is 14.9 Å². The lowest BCUT2D eigenvalue weighted by Gasteiger charge is -2.09. The molecule has 30 heavy (non-hydrogen) atoms. The maximum absolute atomic E-state index is 12.5. The Morgan fingerprint density at radius 3 is 2.03 bits per heavy atom. The minimum atomic E-state index is -0.424. The molecule has 0 heterocycles. The minimum Gasteiger partial charge on any atom is -0.353 e. The number of carbonyl (C=O) groups is 1. The van der Waals surface area contributed by atoms with Gasteiger partial charge in [-0.05, 0) is 35.3 Å². The van der Waals surface area contributed by atoms with Gasteiger partial charge >= 0.3 is 0 Å². The number of nitrogens with zero attached hydrogens (tertiary/aromatic N) is 1. The molecule has 0 aliphatic rings. The number of unbranched alkanes of at least 4 members (excludes halogenated alkanes) is 7. The fraction of sp³-hybridized carbons (Fsp3) is 0.400. The molecule has 1 N–H and O–H groups in total. The Kier molecular flexibility index (Phi) is 10.3. The second-order valence-corrected chi connectivity index (χ2v) is 7.49. The molecule has 0 bridgehead atoms. The Morgan fingerprint density at radius 2 is 1.43 bits per heavy atom. The first kappa shape index (κ1) is 23.3. The lowest BCUT2D eigenvalue weighted by atomic mass is 9.97. The first-order valence-corrected chi connectivity index (χ1v) is 10.9. The number of nitro benzene ring substituents is 1. The van der Waals surface area contributed by atoms with E-state index in [0.717, 1.165) is 29.5 Å². The molecule has 5 heteroatoms. The van der Waals surface area contributed by atoms with Crippen molar-refractivity contribution in [2.24, 2.45) is 0 Å². The van der Waals surface area contributed by atoms with Crippen molar-refractivity contribution >= 4 is 17.2 Å². The minimum absolute atomic E-state index is 0.0327. The van der Waals surface area contributed by atoms with Gasteiger partial charge in [0.25, 0.3) is 5.69 Å². The largest absolute Gasteiger partial charge is 0.353 e. The normalized spacial score (nSPS) is 11.3. The summed E-state index contributed by atoms with van der Waals surface area (Å²) < 4.78 is 0. The van der Waals surface area contributed by atoms with Gasteiger partial charge in [0.15, 0.2) is 0 Å². The molecular formula is C25H32N2O3. The highest BCUT2D eigenvalue weighted by Gasteiger charge is 2.10. The van der Waals surface area contributed by atoms with E-state index < -0.39 is 4.92 Å². The van der Waals surface area contributed by atoms with E-state index in [1.165, 1.54) is 50.7 Å². The number of nitro groups is 1. The number of amides is 1. The summed E-state index contributed by atoms with van der Waals surface area (Å²) in [6, 6.07) is 15.9. The standard InChI is InChI=1S/C25H32N2O3/c1-2-3-4-5-6-7-8-12-19-26-25(28)20-24(21-13-10-9-11-14-21)22-15-17-23(18-16-22)27(29)30/h9-11,13-18,20H,2-8,12,19H2,1H3,(H,26,28)/b24-20-. The van der Waals surface area contributed by atoms with Gasteiger partial charge in [0, 0.05) is 24.8 Å². The molecule has 0 atom stereocenters. The molecule has 2 aromatic rings. The molecule has 0 spiro atoms. The first-order valence-electron chi connectivity index (χ1n) is 10.9. The number of rotatable bonds is 13. The van der Waals surface area contributed by atoms with E-state index in [9.17, 15) is 14.9 Å². The van der Waals surface area contributed by atoms with Crippen LogP contribution in [0.4, 0.5) is 5.69 Å². The summed E-state index contributed by atoms with van der Waals surface area (Å²) in [6.07, 6.45) is 11.4. The molecule has 0 saturated carbocycles. The average molecular weight is 409 g/mol. The summed E-state index contributed by atoms with van der Waals surface area (Å²) in [4.78, 5) is 23.0. The molecule has 0 radical (unpaired) electrons. The van der Waals surface area contributed by atoms with Gasteiger partial charge in [0.05, 0.1) is 4.92 Å². The zero-order valence-corrected chi connectivity index (χ0v) is 17.8. The topological polar surface area (TPSA) is 72.2 Å². The molecule has 0 unspecified atom stereocenters. The van der Waals surface area contributed by atoms with Crippen molar-refractivity contribution in [2.75, 3.05) is 6.54 Å². The van der Waals surface area contributed by atoms with Crippen LogP contribution in [0.15, 0.2) is 60.7 Å². The number of benzene rings is 2. The van der Waals surface area contributed by atoms with E-state index in [-0.39, 0.29) is 11.6 Å². The van der Waals surface area contributed by atoms with E-state index in [1.807, 2.05) is 30.3 Å². The quantitative estimate of drug-likeness (QED) is 0.183. The van der Waals surface area contributed by atoms with Crippen molar-refractivity contribution in [1.29, 1.82) is 0 Å². The Labute approximate surface area is 179 Å². The van der Waals surface area contributed by atoms with Gasteiger partial charge in [-0.15, -0.1) is 0 Å². The van der Waals surface area contributed by atoms with E-state index >= 15 is 0 Å². The van der Waals surface area contributed by atoms with Crippen molar-refractivity contribution < 1.29 is 9.72 Å². The van der Waals surface area contributed by atoms with Gasteiger partial charge in [-0.25, -0.2) is 0 Å². The molecule has 2 rings (SSSR count). The van der Waals surface area contributed by atoms with Crippen LogP contribution in [0.3, 0.4) is 0 Å². The van der Waals surface area contributed by atoms with E-state index in [1.54, 1.807) is 18.2 Å². The SMILES string of the molecule is CCCCCCCCCCNC(=O)/C=C(/c1ccccc1)c1ccc([N+](=O)[O-])cc1. The molecule has 2 aromatic carbocycles. The van der Waals surface area contributed by atoms with Gasteiger partial charge in [0.1, 0.15) is 0 Å². The maximum atomic E-state index is 12.5. The smallest absolute Gasteiger partial charge is 0.269 e. The van der Waals surface area contributed by atoms with Crippen LogP contribution in [0.1, 0.15) is 69.4 Å². The molecule has 0 aliphatic carbocycles. The maximum Gasteiger partial charge on any atom is 0.269 e. The predicted molar refractivity (Wildman–Crippen MR) is 122 cm³/mol. The summed E-state index contributed by atoms with van der Waals surface area (Å²) in [5.74, 6) is -0.143. The van der Waals surface area contributed by atoms with Gasteiger partial charge in [0.2, 0.25) is 5.91 Å². The molecule has 0 aromatic heterocycles. The van der Waals surface area contributed by atoms with Gasteiger partial charge in [-0.1, -0.05) is 82.2 Å². The van der Waals surface area contributed by atoms with Crippen LogP contribution in [0.5, 0.6) is 0 Å². The lowest BCUT2D eigenvalue weighted by molar-refractivity contribution is -0.384. The molecule has 5 nitrogen and oxygen atoms in total. The average Bonchev–Trinajstić information content (AvgIpc) is 2.77. The summed E-state index contributed by atoms with van der Waals surface area (Å²) >= 11 is 0.